The van der Waals surface area contributed by atoms with E-state index >= 15 is 0 Å². The molecule has 4 atom stereocenters. The summed E-state index contributed by atoms with van der Waals surface area (Å²) in [5.74, 6) is 1.55. The third-order valence-electron chi connectivity index (χ3n) is 2.25. The van der Waals surface area contributed by atoms with Gasteiger partial charge in [0.1, 0.15) is 0 Å². The number of halogens is 2. The zero-order valence-corrected chi connectivity index (χ0v) is 15.4. The maximum absolute atomic E-state index is 2.57. The van der Waals surface area contributed by atoms with Gasteiger partial charge in [0.15, 0.2) is 0 Å². The second-order valence-electron chi connectivity index (χ2n) is 3.17. The molecule has 0 aromatic rings. The fourth-order valence-corrected chi connectivity index (χ4v) is 3.20. The second-order valence-corrected chi connectivity index (χ2v) is 6.58. The summed E-state index contributed by atoms with van der Waals surface area (Å²) in [6.07, 6.45) is 2.30. The molecule has 0 aliphatic heterocycles. The van der Waals surface area contributed by atoms with Crippen LogP contribution in [0.2, 0.25) is 0 Å². The van der Waals surface area contributed by atoms with Crippen LogP contribution in [0.1, 0.15) is 27.7 Å². The first-order valence-electron chi connectivity index (χ1n) is 4.08. The average Bonchev–Trinajstić information content (AvgIpc) is 2.00. The van der Waals surface area contributed by atoms with Gasteiger partial charge in [0, 0.05) is 36.6 Å². The van der Waals surface area contributed by atoms with E-state index in [1.54, 1.807) is 0 Å². The van der Waals surface area contributed by atoms with E-state index in [1.807, 2.05) is 0 Å². The largest absolute Gasteiger partial charge is 0.328 e. The van der Waals surface area contributed by atoms with Crippen LogP contribution in [0.15, 0.2) is 0 Å². The van der Waals surface area contributed by atoms with Crippen molar-refractivity contribution in [1.82, 2.24) is 0 Å². The van der Waals surface area contributed by atoms with E-state index in [4.69, 9.17) is 0 Å². The van der Waals surface area contributed by atoms with Crippen LogP contribution in [0.25, 0.3) is 0 Å². The van der Waals surface area contributed by atoms with Gasteiger partial charge in [-0.1, -0.05) is 66.0 Å². The number of rotatable bonds is 4. The Labute approximate surface area is 130 Å². The van der Waals surface area contributed by atoms with Crippen molar-refractivity contribution >= 4 is 45.2 Å². The molecule has 0 saturated heterocycles. The van der Waals surface area contributed by atoms with Crippen molar-refractivity contribution in [3.8, 4) is 0 Å². The zero-order chi connectivity index (χ0) is 9.02. The molecule has 71 valence electrons. The molecule has 0 N–H and O–H groups in total. The smallest absolute Gasteiger partial charge is 0.0116 e. The summed E-state index contributed by atoms with van der Waals surface area (Å²) in [6.45, 7) is 9.08. The Morgan fingerprint density at radius 1 is 1.08 bits per heavy atom. The topological polar surface area (TPSA) is 0 Å². The molecule has 0 spiro atoms. The summed E-state index contributed by atoms with van der Waals surface area (Å²) in [5, 5.41) is 0. The molecule has 0 nitrogen and oxygen atoms in total. The van der Waals surface area contributed by atoms with Crippen molar-refractivity contribution in [2.45, 2.75) is 35.5 Å². The van der Waals surface area contributed by atoms with Crippen LogP contribution in [0.4, 0.5) is 0 Å². The molecular weight excluding hydrogens is 451 g/mol. The van der Waals surface area contributed by atoms with Crippen LogP contribution in [0, 0.1) is 18.3 Å². The molecule has 0 amide bonds. The Balaban J connectivity index is 0. The van der Waals surface area contributed by atoms with Crippen molar-refractivity contribution in [3.05, 3.63) is 6.42 Å². The van der Waals surface area contributed by atoms with Gasteiger partial charge in [-0.05, 0) is 9.84 Å². The minimum atomic E-state index is 0. The second kappa shape index (κ2) is 8.84. The molecule has 1 radical (unpaired) electrons. The van der Waals surface area contributed by atoms with Crippen molar-refractivity contribution in [2.24, 2.45) is 11.8 Å². The fraction of sp³-hybridized carbons (Fsp3) is 0.889. The number of hydrogen-bond acceptors (Lipinski definition) is 0. The normalized spacial score (nSPS) is 20.5. The molecule has 0 bridgehead atoms. The molecule has 0 aromatic heterocycles. The minimum Gasteiger partial charge on any atom is -0.328 e. The van der Waals surface area contributed by atoms with Gasteiger partial charge < -0.3 is 6.42 Å². The van der Waals surface area contributed by atoms with E-state index in [0.717, 1.165) is 19.7 Å². The predicted molar refractivity (Wildman–Crippen MR) is 69.6 cm³/mol. The van der Waals surface area contributed by atoms with Crippen LogP contribution in [-0.4, -0.2) is 7.85 Å². The SMILES string of the molecule is C[CH-]C(C)C(I)C(C)C(C)I.[Y]. The van der Waals surface area contributed by atoms with Gasteiger partial charge in [-0.2, -0.15) is 12.8 Å². The maximum atomic E-state index is 2.57. The van der Waals surface area contributed by atoms with Crippen LogP contribution in [0.5, 0.6) is 0 Å². The van der Waals surface area contributed by atoms with E-state index in [1.165, 1.54) is 0 Å². The monoisotopic (exact) mass is 468 g/mol. The third-order valence-corrected chi connectivity index (χ3v) is 5.66. The van der Waals surface area contributed by atoms with Gasteiger partial charge in [0.2, 0.25) is 0 Å². The first-order valence-corrected chi connectivity index (χ1v) is 6.57. The summed E-state index contributed by atoms with van der Waals surface area (Å²) in [7, 11) is 0. The molecule has 12 heavy (non-hydrogen) atoms. The van der Waals surface area contributed by atoms with Gasteiger partial charge in [0.25, 0.3) is 0 Å². The van der Waals surface area contributed by atoms with Crippen LogP contribution in [0.3, 0.4) is 0 Å². The molecule has 0 aliphatic carbocycles. The first kappa shape index (κ1) is 17.0. The molecule has 3 heteroatoms. The predicted octanol–water partition coefficient (Wildman–Crippen LogP) is 4.11. The molecule has 0 rings (SSSR count). The zero-order valence-electron chi connectivity index (χ0n) is 8.22. The Bertz CT molecular complexity index is 107. The van der Waals surface area contributed by atoms with E-state index in [-0.39, 0.29) is 32.7 Å². The van der Waals surface area contributed by atoms with Crippen LogP contribution < -0.4 is 0 Å². The first-order chi connectivity index (χ1) is 5.00. The third kappa shape index (κ3) is 6.12. The summed E-state index contributed by atoms with van der Waals surface area (Å²) in [4.78, 5) is 0. The summed E-state index contributed by atoms with van der Waals surface area (Å²) in [5.41, 5.74) is 0. The summed E-state index contributed by atoms with van der Waals surface area (Å²) >= 11 is 5.09. The number of hydrogen-bond donors (Lipinski definition) is 0. The van der Waals surface area contributed by atoms with Gasteiger partial charge >= 0.3 is 0 Å². The Morgan fingerprint density at radius 2 is 1.50 bits per heavy atom. The Hall–Kier alpha value is 2.56. The fourth-order valence-electron chi connectivity index (χ4n) is 0.916. The molecule has 0 aromatic carbocycles. The minimum absolute atomic E-state index is 0. The number of alkyl halides is 2. The maximum Gasteiger partial charge on any atom is 0.0116 e. The van der Waals surface area contributed by atoms with Crippen molar-refractivity contribution < 1.29 is 32.7 Å². The standard InChI is InChI=1S/C9H17I2.Y/c1-5-6(2)9(11)7(3)8(4)10;/h5-9H,1-4H3;/q-1;. The van der Waals surface area contributed by atoms with E-state index in [2.05, 4.69) is 79.3 Å². The van der Waals surface area contributed by atoms with E-state index in [9.17, 15) is 0 Å². The van der Waals surface area contributed by atoms with Gasteiger partial charge in [-0.3, -0.25) is 0 Å². The van der Waals surface area contributed by atoms with Gasteiger partial charge in [0.05, 0.1) is 0 Å². The molecular formula is C9H17I2Y-. The van der Waals surface area contributed by atoms with Crippen LogP contribution >= 0.6 is 45.2 Å². The van der Waals surface area contributed by atoms with E-state index in [0.29, 0.717) is 0 Å². The molecule has 0 heterocycles. The van der Waals surface area contributed by atoms with Gasteiger partial charge in [-0.25, -0.2) is 0 Å². The molecule has 4 unspecified atom stereocenters. The summed E-state index contributed by atoms with van der Waals surface area (Å²) < 4.78 is 1.56. The van der Waals surface area contributed by atoms with Crippen molar-refractivity contribution in [3.63, 3.8) is 0 Å². The molecule has 0 aliphatic rings. The quantitative estimate of drug-likeness (QED) is 0.332. The Kier molecular flexibility index (Phi) is 12.5. The van der Waals surface area contributed by atoms with Gasteiger partial charge in [-0.15, -0.1) is 0 Å². The van der Waals surface area contributed by atoms with E-state index < -0.39 is 0 Å². The average molecular weight is 468 g/mol. The van der Waals surface area contributed by atoms with Crippen LogP contribution in [-0.2, 0) is 32.7 Å². The molecule has 0 saturated carbocycles. The molecule has 0 fully saturated rings. The Morgan fingerprint density at radius 3 is 1.75 bits per heavy atom. The van der Waals surface area contributed by atoms with Crippen molar-refractivity contribution in [1.29, 1.82) is 0 Å². The van der Waals surface area contributed by atoms with Crippen molar-refractivity contribution in [2.75, 3.05) is 0 Å². The summed E-state index contributed by atoms with van der Waals surface area (Å²) in [6, 6.07) is 0.